The van der Waals surface area contributed by atoms with E-state index in [2.05, 4.69) is 36.5 Å². The topological polar surface area (TPSA) is 49.4 Å². The van der Waals surface area contributed by atoms with Crippen LogP contribution >= 0.6 is 23.4 Å². The molecule has 0 bridgehead atoms. The van der Waals surface area contributed by atoms with E-state index in [0.717, 1.165) is 11.3 Å². The van der Waals surface area contributed by atoms with Crippen LogP contribution in [0.3, 0.4) is 0 Å². The summed E-state index contributed by atoms with van der Waals surface area (Å²) in [6.07, 6.45) is 0.529. The monoisotopic (exact) mass is 460 g/mol. The summed E-state index contributed by atoms with van der Waals surface area (Å²) in [5.74, 6) is 0.848. The van der Waals surface area contributed by atoms with Crippen molar-refractivity contribution in [2.75, 3.05) is 5.75 Å². The van der Waals surface area contributed by atoms with Gasteiger partial charge in [-0.15, -0.1) is 11.8 Å². The summed E-state index contributed by atoms with van der Waals surface area (Å²) in [4.78, 5) is 27.9. The van der Waals surface area contributed by atoms with Crippen molar-refractivity contribution in [2.45, 2.75) is 64.9 Å². The van der Waals surface area contributed by atoms with Crippen molar-refractivity contribution < 1.29 is 9.59 Å². The predicted octanol–water partition coefficient (Wildman–Crippen LogP) is 5.60. The summed E-state index contributed by atoms with van der Waals surface area (Å²) in [5, 5.41) is 3.62. The normalized spacial score (nSPS) is 12.3. The molecule has 0 unspecified atom stereocenters. The van der Waals surface area contributed by atoms with E-state index in [1.807, 2.05) is 52.0 Å². The number of aryl methyl sites for hydroxylation is 1. The fourth-order valence-electron chi connectivity index (χ4n) is 3.21. The minimum atomic E-state index is -0.553. The molecule has 6 heteroatoms. The first-order chi connectivity index (χ1) is 14.6. The Balaban J connectivity index is 2.16. The van der Waals surface area contributed by atoms with E-state index < -0.39 is 6.04 Å². The van der Waals surface area contributed by atoms with Crippen LogP contribution in [0.5, 0.6) is 0 Å². The fourth-order valence-corrected chi connectivity index (χ4v) is 4.27. The van der Waals surface area contributed by atoms with Gasteiger partial charge in [-0.25, -0.2) is 0 Å². The van der Waals surface area contributed by atoms with E-state index in [1.54, 1.807) is 16.7 Å². The standard InChI is InChI=1S/C25H33ClN2O2S/c1-6-22(24(30)27-25(3,4)5)28(15-20-9-7-8-10-21(20)26)23(29)17-31-16-19-13-11-18(2)12-14-19/h7-14,22H,6,15-17H2,1-5H3,(H,27,30)/t22-/m0/s1. The Labute approximate surface area is 195 Å². The second-order valence-electron chi connectivity index (χ2n) is 8.75. The highest BCUT2D eigenvalue weighted by molar-refractivity contribution is 7.99. The van der Waals surface area contributed by atoms with Crippen molar-refractivity contribution in [3.05, 3.63) is 70.2 Å². The van der Waals surface area contributed by atoms with Crippen molar-refractivity contribution >= 4 is 35.2 Å². The Morgan fingerprint density at radius 2 is 1.74 bits per heavy atom. The zero-order chi connectivity index (χ0) is 23.0. The molecule has 31 heavy (non-hydrogen) atoms. The number of carbonyl (C=O) groups is 2. The van der Waals surface area contributed by atoms with Crippen LogP contribution in [0.4, 0.5) is 0 Å². The minimum absolute atomic E-state index is 0.0621. The number of hydrogen-bond acceptors (Lipinski definition) is 3. The molecule has 0 fully saturated rings. The highest BCUT2D eigenvalue weighted by atomic mass is 35.5. The van der Waals surface area contributed by atoms with Crippen molar-refractivity contribution in [1.82, 2.24) is 10.2 Å². The molecule has 0 spiro atoms. The van der Waals surface area contributed by atoms with E-state index in [-0.39, 0.29) is 17.4 Å². The van der Waals surface area contributed by atoms with Crippen LogP contribution in [-0.4, -0.2) is 34.0 Å². The van der Waals surface area contributed by atoms with E-state index in [1.165, 1.54) is 11.1 Å². The van der Waals surface area contributed by atoms with Crippen LogP contribution < -0.4 is 5.32 Å². The number of nitrogens with one attached hydrogen (secondary N) is 1. The summed E-state index contributed by atoms with van der Waals surface area (Å²) < 4.78 is 0. The summed E-state index contributed by atoms with van der Waals surface area (Å²) in [5.41, 5.74) is 2.86. The first-order valence-corrected chi connectivity index (χ1v) is 12.1. The highest BCUT2D eigenvalue weighted by Crippen LogP contribution is 2.22. The summed E-state index contributed by atoms with van der Waals surface area (Å²) in [6, 6.07) is 15.2. The molecule has 0 aliphatic carbocycles. The molecule has 0 saturated heterocycles. The van der Waals surface area contributed by atoms with Gasteiger partial charge in [-0.1, -0.05) is 66.6 Å². The Kier molecular flexibility index (Phi) is 9.45. The molecule has 0 heterocycles. The molecule has 4 nitrogen and oxygen atoms in total. The molecule has 0 aliphatic heterocycles. The summed E-state index contributed by atoms with van der Waals surface area (Å²) in [7, 11) is 0. The van der Waals surface area contributed by atoms with Gasteiger partial charge in [0.2, 0.25) is 11.8 Å². The van der Waals surface area contributed by atoms with Gasteiger partial charge in [-0.2, -0.15) is 0 Å². The molecular weight excluding hydrogens is 428 g/mol. The molecule has 1 N–H and O–H groups in total. The molecular formula is C25H33ClN2O2S. The van der Waals surface area contributed by atoms with Crippen molar-refractivity contribution in [3.8, 4) is 0 Å². The number of amides is 2. The smallest absolute Gasteiger partial charge is 0.243 e. The van der Waals surface area contributed by atoms with Gasteiger partial charge in [0, 0.05) is 22.9 Å². The first kappa shape index (κ1) is 25.3. The maximum Gasteiger partial charge on any atom is 0.243 e. The molecule has 0 saturated carbocycles. The number of benzene rings is 2. The van der Waals surface area contributed by atoms with Crippen LogP contribution in [0.25, 0.3) is 0 Å². The summed E-state index contributed by atoms with van der Waals surface area (Å²) >= 11 is 7.92. The molecule has 2 aromatic carbocycles. The Hall–Kier alpha value is -1.98. The van der Waals surface area contributed by atoms with Gasteiger partial charge in [0.05, 0.1) is 5.75 Å². The molecule has 2 rings (SSSR count). The number of halogens is 1. The molecule has 0 radical (unpaired) electrons. The van der Waals surface area contributed by atoms with Crippen molar-refractivity contribution in [1.29, 1.82) is 0 Å². The number of hydrogen-bond donors (Lipinski definition) is 1. The number of thioether (sulfide) groups is 1. The van der Waals surface area contributed by atoms with Gasteiger partial charge in [-0.3, -0.25) is 9.59 Å². The third kappa shape index (κ3) is 8.23. The van der Waals surface area contributed by atoms with Gasteiger partial charge in [0.15, 0.2) is 0 Å². The average molecular weight is 461 g/mol. The quantitative estimate of drug-likeness (QED) is 0.529. The lowest BCUT2D eigenvalue weighted by molar-refractivity contribution is -0.140. The highest BCUT2D eigenvalue weighted by Gasteiger charge is 2.30. The Morgan fingerprint density at radius 1 is 1.10 bits per heavy atom. The zero-order valence-electron chi connectivity index (χ0n) is 19.1. The predicted molar refractivity (Wildman–Crippen MR) is 131 cm³/mol. The van der Waals surface area contributed by atoms with E-state index in [4.69, 9.17) is 11.6 Å². The molecule has 168 valence electrons. The van der Waals surface area contributed by atoms with Crippen molar-refractivity contribution in [2.24, 2.45) is 0 Å². The lowest BCUT2D eigenvalue weighted by Crippen LogP contribution is -2.53. The molecule has 2 aromatic rings. The minimum Gasteiger partial charge on any atom is -0.350 e. The van der Waals surface area contributed by atoms with Crippen molar-refractivity contribution in [3.63, 3.8) is 0 Å². The average Bonchev–Trinajstić information content (AvgIpc) is 2.69. The molecule has 0 aromatic heterocycles. The van der Waals surface area contributed by atoms with E-state index in [9.17, 15) is 9.59 Å². The van der Waals surface area contributed by atoms with Crippen LogP contribution in [0, 0.1) is 6.92 Å². The van der Waals surface area contributed by atoms with Gasteiger partial charge in [-0.05, 0) is 51.3 Å². The van der Waals surface area contributed by atoms with Crippen LogP contribution in [0.1, 0.15) is 50.8 Å². The van der Waals surface area contributed by atoms with Crippen LogP contribution in [0.2, 0.25) is 5.02 Å². The van der Waals surface area contributed by atoms with E-state index in [0.29, 0.717) is 23.7 Å². The lowest BCUT2D eigenvalue weighted by atomic mass is 10.1. The second kappa shape index (κ2) is 11.6. The molecule has 2 amide bonds. The number of carbonyl (C=O) groups excluding carboxylic acids is 2. The number of rotatable bonds is 9. The molecule has 0 aliphatic rings. The maximum absolute atomic E-state index is 13.3. The van der Waals surface area contributed by atoms with Gasteiger partial charge >= 0.3 is 0 Å². The summed E-state index contributed by atoms with van der Waals surface area (Å²) in [6.45, 7) is 10.1. The van der Waals surface area contributed by atoms with Gasteiger partial charge in [0.25, 0.3) is 0 Å². The Bertz CT molecular complexity index is 878. The largest absolute Gasteiger partial charge is 0.350 e. The Morgan fingerprint density at radius 3 is 2.32 bits per heavy atom. The van der Waals surface area contributed by atoms with Crippen LogP contribution in [-0.2, 0) is 21.9 Å². The number of nitrogens with zero attached hydrogens (tertiary/aromatic N) is 1. The van der Waals surface area contributed by atoms with E-state index >= 15 is 0 Å². The SMILES string of the molecule is CC[C@@H](C(=O)NC(C)(C)C)N(Cc1ccccc1Cl)C(=O)CSCc1ccc(C)cc1. The zero-order valence-corrected chi connectivity index (χ0v) is 20.6. The molecule has 1 atom stereocenters. The van der Waals surface area contributed by atoms with Gasteiger partial charge < -0.3 is 10.2 Å². The maximum atomic E-state index is 13.3. The fraction of sp³-hybridized carbons (Fsp3) is 0.440. The van der Waals surface area contributed by atoms with Crippen LogP contribution in [0.15, 0.2) is 48.5 Å². The first-order valence-electron chi connectivity index (χ1n) is 10.6. The van der Waals surface area contributed by atoms with Gasteiger partial charge in [0.1, 0.15) is 6.04 Å². The second-order valence-corrected chi connectivity index (χ2v) is 10.1. The lowest BCUT2D eigenvalue weighted by Gasteiger charge is -2.33. The third-order valence-corrected chi connectivity index (χ3v) is 6.15. The third-order valence-electron chi connectivity index (χ3n) is 4.80.